The van der Waals surface area contributed by atoms with Gasteiger partial charge in [0.2, 0.25) is 10.0 Å². The minimum absolute atomic E-state index is 0.0459. The van der Waals surface area contributed by atoms with Crippen LogP contribution >= 0.6 is 15.9 Å². The topological polar surface area (TPSA) is 79.0 Å². The number of halogens is 1. The molecule has 0 aliphatic carbocycles. The van der Waals surface area contributed by atoms with Gasteiger partial charge in [-0.2, -0.15) is 0 Å². The fraction of sp³-hybridized carbons (Fsp3) is 0.381. The predicted octanol–water partition coefficient (Wildman–Crippen LogP) is 3.11. The number of ether oxygens (including phenoxy) is 1. The lowest BCUT2D eigenvalue weighted by molar-refractivity contribution is 0.0931. The Hall–Kier alpha value is -2.10. The molecule has 1 fully saturated rings. The number of hydrogen-bond donors (Lipinski definition) is 1. The van der Waals surface area contributed by atoms with Crippen molar-refractivity contribution >= 4 is 37.5 Å². The number of hydrogen-bond acceptors (Lipinski definition) is 5. The molecule has 0 atom stereocenters. The molecule has 162 valence electrons. The predicted molar refractivity (Wildman–Crippen MR) is 121 cm³/mol. The molecule has 0 bridgehead atoms. The molecule has 2 aromatic carbocycles. The zero-order valence-electron chi connectivity index (χ0n) is 17.3. The second kappa shape index (κ2) is 9.36. The van der Waals surface area contributed by atoms with Crippen molar-refractivity contribution in [3.63, 3.8) is 0 Å². The summed E-state index contributed by atoms with van der Waals surface area (Å²) in [5, 5.41) is 3.04. The summed E-state index contributed by atoms with van der Waals surface area (Å²) in [5.74, 6) is 0.562. The number of carbonyl (C=O) groups excluding carboxylic acids is 1. The zero-order chi connectivity index (χ0) is 21.9. The highest BCUT2D eigenvalue weighted by Crippen LogP contribution is 2.26. The molecule has 0 aromatic heterocycles. The van der Waals surface area contributed by atoms with Crippen LogP contribution in [0.5, 0.6) is 5.75 Å². The quantitative estimate of drug-likeness (QED) is 0.665. The Morgan fingerprint density at radius 2 is 1.77 bits per heavy atom. The molecule has 0 spiro atoms. The van der Waals surface area contributed by atoms with Gasteiger partial charge >= 0.3 is 0 Å². The van der Waals surface area contributed by atoms with Crippen LogP contribution in [0.15, 0.2) is 51.8 Å². The van der Waals surface area contributed by atoms with E-state index in [1.165, 1.54) is 20.2 Å². The number of benzene rings is 2. The van der Waals surface area contributed by atoms with Gasteiger partial charge in [-0.1, -0.05) is 0 Å². The minimum Gasteiger partial charge on any atom is -0.497 e. The van der Waals surface area contributed by atoms with Crippen molar-refractivity contribution in [1.82, 2.24) is 9.62 Å². The molecule has 3 rings (SSSR count). The Morgan fingerprint density at radius 1 is 1.13 bits per heavy atom. The van der Waals surface area contributed by atoms with Crippen molar-refractivity contribution in [3.8, 4) is 5.75 Å². The maximum Gasteiger partial charge on any atom is 0.251 e. The van der Waals surface area contributed by atoms with Crippen molar-refractivity contribution in [1.29, 1.82) is 0 Å². The van der Waals surface area contributed by atoms with Crippen LogP contribution in [0.4, 0.5) is 5.69 Å². The Morgan fingerprint density at radius 3 is 2.33 bits per heavy atom. The van der Waals surface area contributed by atoms with Crippen molar-refractivity contribution in [2.24, 2.45) is 0 Å². The minimum atomic E-state index is -3.65. The number of carbonyl (C=O) groups is 1. The van der Waals surface area contributed by atoms with E-state index in [0.717, 1.165) is 41.7 Å². The van der Waals surface area contributed by atoms with Gasteiger partial charge in [0.05, 0.1) is 12.0 Å². The average molecular weight is 496 g/mol. The van der Waals surface area contributed by atoms with Crippen LogP contribution in [-0.2, 0) is 10.0 Å². The van der Waals surface area contributed by atoms with Gasteiger partial charge in [0.1, 0.15) is 5.75 Å². The molecule has 0 saturated carbocycles. The van der Waals surface area contributed by atoms with E-state index in [0.29, 0.717) is 10.0 Å². The molecule has 1 saturated heterocycles. The lowest BCUT2D eigenvalue weighted by Gasteiger charge is -2.34. The van der Waals surface area contributed by atoms with Crippen molar-refractivity contribution in [2.45, 2.75) is 23.8 Å². The van der Waals surface area contributed by atoms with Crippen LogP contribution in [0.1, 0.15) is 23.2 Å². The summed E-state index contributed by atoms with van der Waals surface area (Å²) < 4.78 is 31.7. The second-order valence-electron chi connectivity index (χ2n) is 7.37. The van der Waals surface area contributed by atoms with Crippen LogP contribution in [0.3, 0.4) is 0 Å². The third-order valence-corrected chi connectivity index (χ3v) is 8.03. The molecule has 30 heavy (non-hydrogen) atoms. The highest BCUT2D eigenvalue weighted by atomic mass is 79.9. The third kappa shape index (κ3) is 4.96. The standard InChI is InChI=1S/C21H26BrN3O4S/c1-24(2)30(27,28)20-14-15(4-9-19(20)22)21(26)23-16-10-12-25(13-11-16)17-5-7-18(29-3)8-6-17/h4-9,14,16H,10-13H2,1-3H3,(H,23,26). The molecule has 9 heteroatoms. The molecule has 1 aliphatic rings. The van der Waals surface area contributed by atoms with E-state index in [4.69, 9.17) is 4.74 Å². The van der Waals surface area contributed by atoms with Gasteiger partial charge in [-0.3, -0.25) is 4.79 Å². The normalized spacial score (nSPS) is 15.3. The number of anilines is 1. The summed E-state index contributed by atoms with van der Waals surface area (Å²) in [7, 11) is 0.924. The van der Waals surface area contributed by atoms with Crippen LogP contribution < -0.4 is 15.0 Å². The van der Waals surface area contributed by atoms with E-state index in [1.54, 1.807) is 19.2 Å². The first-order valence-corrected chi connectivity index (χ1v) is 11.9. The number of amides is 1. The van der Waals surface area contributed by atoms with Crippen LogP contribution in [-0.4, -0.2) is 59.0 Å². The largest absolute Gasteiger partial charge is 0.497 e. The number of rotatable bonds is 6. The maximum atomic E-state index is 12.7. The third-order valence-electron chi connectivity index (χ3n) is 5.22. The Kier molecular flexibility index (Phi) is 7.05. The van der Waals surface area contributed by atoms with Gasteiger partial charge < -0.3 is 15.0 Å². The summed E-state index contributed by atoms with van der Waals surface area (Å²) in [4.78, 5) is 15.1. The molecule has 2 aromatic rings. The highest BCUT2D eigenvalue weighted by Gasteiger charge is 2.24. The number of sulfonamides is 1. The lowest BCUT2D eigenvalue weighted by atomic mass is 10.0. The number of piperidine rings is 1. The maximum absolute atomic E-state index is 12.7. The number of nitrogens with one attached hydrogen (secondary N) is 1. The lowest BCUT2D eigenvalue weighted by Crippen LogP contribution is -2.44. The molecule has 7 nitrogen and oxygen atoms in total. The van der Waals surface area contributed by atoms with E-state index < -0.39 is 10.0 Å². The molecular formula is C21H26BrN3O4S. The molecule has 0 radical (unpaired) electrons. The Bertz CT molecular complexity index is 1000. The number of methoxy groups -OCH3 is 1. The van der Waals surface area contributed by atoms with E-state index in [1.807, 2.05) is 24.3 Å². The number of nitrogens with zero attached hydrogens (tertiary/aromatic N) is 2. The van der Waals surface area contributed by atoms with Crippen molar-refractivity contribution in [2.75, 3.05) is 39.2 Å². The average Bonchev–Trinajstić information content (AvgIpc) is 2.74. The van der Waals surface area contributed by atoms with Crippen LogP contribution in [0.2, 0.25) is 0 Å². The zero-order valence-corrected chi connectivity index (χ0v) is 19.7. The van der Waals surface area contributed by atoms with Gasteiger partial charge in [0, 0.05) is 49.0 Å². The highest BCUT2D eigenvalue weighted by molar-refractivity contribution is 9.10. The SMILES string of the molecule is COc1ccc(N2CCC(NC(=O)c3ccc(Br)c(S(=O)(=O)N(C)C)c3)CC2)cc1. The summed E-state index contributed by atoms with van der Waals surface area (Å²) in [5.41, 5.74) is 1.46. The summed E-state index contributed by atoms with van der Waals surface area (Å²) in [6.45, 7) is 1.66. The summed E-state index contributed by atoms with van der Waals surface area (Å²) in [6.07, 6.45) is 1.63. The van der Waals surface area contributed by atoms with E-state index in [-0.39, 0.29) is 16.8 Å². The van der Waals surface area contributed by atoms with Gasteiger partial charge in [-0.05, 0) is 71.2 Å². The Balaban J connectivity index is 1.63. The first-order chi connectivity index (χ1) is 14.2. The fourth-order valence-corrected chi connectivity index (χ4v) is 5.23. The molecule has 1 aliphatic heterocycles. The van der Waals surface area contributed by atoms with Gasteiger partial charge in [-0.15, -0.1) is 0 Å². The molecule has 1 heterocycles. The molecule has 1 amide bonds. The monoisotopic (exact) mass is 495 g/mol. The Labute approximate surface area is 186 Å². The summed E-state index contributed by atoms with van der Waals surface area (Å²) in [6, 6.07) is 12.6. The van der Waals surface area contributed by atoms with Gasteiger partial charge in [-0.25, -0.2) is 12.7 Å². The van der Waals surface area contributed by atoms with E-state index in [2.05, 4.69) is 26.1 Å². The molecule has 0 unspecified atom stereocenters. The molecule has 1 N–H and O–H groups in total. The summed E-state index contributed by atoms with van der Waals surface area (Å²) >= 11 is 3.27. The smallest absolute Gasteiger partial charge is 0.251 e. The second-order valence-corrected chi connectivity index (χ2v) is 10.3. The first-order valence-electron chi connectivity index (χ1n) is 9.64. The van der Waals surface area contributed by atoms with E-state index in [9.17, 15) is 13.2 Å². The van der Waals surface area contributed by atoms with Gasteiger partial charge in [0.15, 0.2) is 0 Å². The van der Waals surface area contributed by atoms with Crippen molar-refractivity contribution < 1.29 is 17.9 Å². The molecular weight excluding hydrogens is 470 g/mol. The first kappa shape index (κ1) is 22.6. The van der Waals surface area contributed by atoms with Gasteiger partial charge in [0.25, 0.3) is 5.91 Å². The fourth-order valence-electron chi connectivity index (χ4n) is 3.38. The van der Waals surface area contributed by atoms with E-state index >= 15 is 0 Å². The van der Waals surface area contributed by atoms with Crippen LogP contribution in [0.25, 0.3) is 0 Å². The van der Waals surface area contributed by atoms with Crippen LogP contribution in [0, 0.1) is 0 Å². The van der Waals surface area contributed by atoms with Crippen molar-refractivity contribution in [3.05, 3.63) is 52.5 Å².